The highest BCUT2D eigenvalue weighted by Crippen LogP contribution is 2.31. The first kappa shape index (κ1) is 14.8. The molecule has 0 radical (unpaired) electrons. The second kappa shape index (κ2) is 5.57. The molecule has 0 bridgehead atoms. The average molecular weight is 281 g/mol. The fourth-order valence-electron chi connectivity index (χ4n) is 1.19. The zero-order valence-corrected chi connectivity index (χ0v) is 10.4. The van der Waals surface area contributed by atoms with Crippen LogP contribution >= 0.6 is 0 Å². The maximum absolute atomic E-state index is 12.7. The zero-order chi connectivity index (χ0) is 13.9. The number of esters is 1. The first-order valence-corrected chi connectivity index (χ1v) is 6.42. The normalized spacial score (nSPS) is 13.2. The molecule has 0 aliphatic heterocycles. The molecule has 1 atom stereocenters. The van der Waals surface area contributed by atoms with Gasteiger partial charge in [-0.2, -0.15) is 18.2 Å². The van der Waals surface area contributed by atoms with Gasteiger partial charge in [-0.1, -0.05) is 0 Å². The van der Waals surface area contributed by atoms with E-state index in [0.717, 1.165) is 12.1 Å². The predicted molar refractivity (Wildman–Crippen MR) is 57.5 cm³/mol. The van der Waals surface area contributed by atoms with Crippen LogP contribution in [0.1, 0.15) is 23.0 Å². The van der Waals surface area contributed by atoms with Gasteiger partial charge in [-0.05, 0) is 13.0 Å². The molecular weight excluding hydrogens is 271 g/mol. The highest BCUT2D eigenvalue weighted by atomic mass is 32.2. The van der Waals surface area contributed by atoms with Crippen molar-refractivity contribution in [3.8, 4) is 0 Å². The van der Waals surface area contributed by atoms with Crippen LogP contribution in [0, 0.1) is 0 Å². The van der Waals surface area contributed by atoms with Crippen LogP contribution in [0.4, 0.5) is 13.2 Å². The molecule has 0 fully saturated rings. The minimum atomic E-state index is -4.81. The van der Waals surface area contributed by atoms with Crippen molar-refractivity contribution in [3.63, 3.8) is 0 Å². The SMILES string of the molecule is CCOC(=O)c1ccc([S+](C)[O-])nc1C(F)(F)F. The Kier molecular flexibility index (Phi) is 4.58. The summed E-state index contributed by atoms with van der Waals surface area (Å²) in [6.45, 7) is 1.44. The molecule has 0 aliphatic carbocycles. The quantitative estimate of drug-likeness (QED) is 0.628. The van der Waals surface area contributed by atoms with Crippen molar-refractivity contribution in [2.45, 2.75) is 18.1 Å². The largest absolute Gasteiger partial charge is 0.610 e. The van der Waals surface area contributed by atoms with Crippen molar-refractivity contribution in [2.24, 2.45) is 0 Å². The van der Waals surface area contributed by atoms with Crippen molar-refractivity contribution in [2.75, 3.05) is 12.9 Å². The Labute approximate surface area is 104 Å². The summed E-state index contributed by atoms with van der Waals surface area (Å²) >= 11 is -1.66. The van der Waals surface area contributed by atoms with Crippen LogP contribution in [-0.4, -0.2) is 28.4 Å². The maximum Gasteiger partial charge on any atom is 0.434 e. The lowest BCUT2D eigenvalue weighted by molar-refractivity contribution is -0.142. The van der Waals surface area contributed by atoms with E-state index in [1.54, 1.807) is 0 Å². The van der Waals surface area contributed by atoms with Gasteiger partial charge in [-0.15, -0.1) is 0 Å². The van der Waals surface area contributed by atoms with E-state index in [-0.39, 0.29) is 11.6 Å². The first-order chi connectivity index (χ1) is 8.27. The molecule has 0 saturated heterocycles. The molecule has 0 spiro atoms. The summed E-state index contributed by atoms with van der Waals surface area (Å²) in [7, 11) is 0. The minimum absolute atomic E-state index is 0.0441. The van der Waals surface area contributed by atoms with Crippen molar-refractivity contribution in [1.29, 1.82) is 0 Å². The van der Waals surface area contributed by atoms with Crippen LogP contribution in [0.25, 0.3) is 0 Å². The number of halogens is 3. The van der Waals surface area contributed by atoms with E-state index in [0.29, 0.717) is 0 Å². The van der Waals surface area contributed by atoms with Crippen LogP contribution in [0.5, 0.6) is 0 Å². The predicted octanol–water partition coefficient (Wildman–Crippen LogP) is 2.01. The molecule has 100 valence electrons. The molecule has 0 aromatic carbocycles. The number of hydrogen-bond acceptors (Lipinski definition) is 4. The molecule has 0 saturated carbocycles. The van der Waals surface area contributed by atoms with Gasteiger partial charge in [0.05, 0.1) is 12.2 Å². The van der Waals surface area contributed by atoms with E-state index in [1.807, 2.05) is 0 Å². The minimum Gasteiger partial charge on any atom is -0.610 e. The first-order valence-electron chi connectivity index (χ1n) is 4.86. The molecule has 0 aliphatic rings. The number of nitrogens with zero attached hydrogens (tertiary/aromatic N) is 1. The Morgan fingerprint density at radius 1 is 1.50 bits per heavy atom. The van der Waals surface area contributed by atoms with Gasteiger partial charge in [-0.3, -0.25) is 0 Å². The Hall–Kier alpha value is -1.28. The number of aromatic nitrogens is 1. The van der Waals surface area contributed by atoms with Crippen molar-refractivity contribution < 1.29 is 27.3 Å². The number of ether oxygens (including phenoxy) is 1. The van der Waals surface area contributed by atoms with E-state index >= 15 is 0 Å². The van der Waals surface area contributed by atoms with Crippen LogP contribution in [0.2, 0.25) is 0 Å². The number of pyridine rings is 1. The van der Waals surface area contributed by atoms with Crippen molar-refractivity contribution >= 4 is 17.1 Å². The Bertz CT molecular complexity index is 448. The molecule has 0 N–H and O–H groups in total. The third-order valence-electron chi connectivity index (χ3n) is 1.93. The zero-order valence-electron chi connectivity index (χ0n) is 9.58. The van der Waals surface area contributed by atoms with E-state index in [2.05, 4.69) is 9.72 Å². The number of carbonyl (C=O) groups is 1. The Morgan fingerprint density at radius 2 is 2.11 bits per heavy atom. The monoisotopic (exact) mass is 281 g/mol. The van der Waals surface area contributed by atoms with E-state index in [4.69, 9.17) is 0 Å². The second-order valence-corrected chi connectivity index (χ2v) is 4.54. The molecule has 1 rings (SSSR count). The lowest BCUT2D eigenvalue weighted by Crippen LogP contribution is -2.19. The molecule has 1 heterocycles. The van der Waals surface area contributed by atoms with Crippen molar-refractivity contribution in [1.82, 2.24) is 4.98 Å². The highest BCUT2D eigenvalue weighted by molar-refractivity contribution is 7.90. The van der Waals surface area contributed by atoms with Gasteiger partial charge in [0, 0.05) is 17.2 Å². The smallest absolute Gasteiger partial charge is 0.434 e. The summed E-state index contributed by atoms with van der Waals surface area (Å²) in [6, 6.07) is 2.03. The number of alkyl halides is 3. The summed E-state index contributed by atoms with van der Waals surface area (Å²) in [5, 5.41) is -0.240. The van der Waals surface area contributed by atoms with E-state index < -0.39 is 34.6 Å². The van der Waals surface area contributed by atoms with Crippen molar-refractivity contribution in [3.05, 3.63) is 23.4 Å². The lowest BCUT2D eigenvalue weighted by Gasteiger charge is -2.12. The van der Waals surface area contributed by atoms with E-state index in [1.165, 1.54) is 13.2 Å². The molecule has 0 amide bonds. The van der Waals surface area contributed by atoms with Crippen LogP contribution in [0.15, 0.2) is 17.2 Å². The topological polar surface area (TPSA) is 62.2 Å². The summed E-state index contributed by atoms with van der Waals surface area (Å²) in [5.41, 5.74) is -2.06. The number of hydrogen-bond donors (Lipinski definition) is 0. The fourth-order valence-corrected chi connectivity index (χ4v) is 1.67. The number of rotatable bonds is 3. The van der Waals surface area contributed by atoms with Gasteiger partial charge >= 0.3 is 12.1 Å². The summed E-state index contributed by atoms with van der Waals surface area (Å²) in [5.74, 6) is -1.11. The van der Waals surface area contributed by atoms with Gasteiger partial charge in [0.25, 0.3) is 0 Å². The summed E-state index contributed by atoms with van der Waals surface area (Å²) < 4.78 is 53.8. The van der Waals surface area contributed by atoms with Crippen LogP contribution < -0.4 is 0 Å². The van der Waals surface area contributed by atoms with Crippen LogP contribution in [0.3, 0.4) is 0 Å². The van der Waals surface area contributed by atoms with Gasteiger partial charge < -0.3 is 9.29 Å². The van der Waals surface area contributed by atoms with E-state index in [9.17, 15) is 22.5 Å². The van der Waals surface area contributed by atoms with Crippen LogP contribution in [-0.2, 0) is 22.1 Å². The molecule has 1 aromatic heterocycles. The summed E-state index contributed by atoms with van der Waals surface area (Å²) in [6.07, 6.45) is -3.61. The number of carbonyl (C=O) groups excluding carboxylic acids is 1. The average Bonchev–Trinajstić information content (AvgIpc) is 2.27. The molecule has 18 heavy (non-hydrogen) atoms. The lowest BCUT2D eigenvalue weighted by atomic mass is 10.2. The molecule has 1 unspecified atom stereocenters. The molecule has 4 nitrogen and oxygen atoms in total. The molecule has 1 aromatic rings. The molecule has 8 heteroatoms. The molecular formula is C10H10F3NO3S. The Morgan fingerprint density at radius 3 is 2.56 bits per heavy atom. The van der Waals surface area contributed by atoms with Gasteiger partial charge in [-0.25, -0.2) is 4.79 Å². The Balaban J connectivity index is 3.30. The second-order valence-electron chi connectivity index (χ2n) is 3.22. The third-order valence-corrected chi connectivity index (χ3v) is 2.74. The standard InChI is InChI=1S/C10H10F3NO3S/c1-3-17-9(15)6-4-5-7(18(2)16)14-8(6)10(11,12)13/h4-5H,3H2,1-2H3. The van der Waals surface area contributed by atoms with Gasteiger partial charge in [0.1, 0.15) is 6.26 Å². The summed E-state index contributed by atoms with van der Waals surface area (Å²) in [4.78, 5) is 14.6. The van der Waals surface area contributed by atoms with Gasteiger partial charge in [0.2, 0.25) is 5.03 Å². The maximum atomic E-state index is 12.7. The third kappa shape index (κ3) is 3.36. The van der Waals surface area contributed by atoms with Gasteiger partial charge in [0.15, 0.2) is 5.69 Å². The fraction of sp³-hybridized carbons (Fsp3) is 0.400. The highest BCUT2D eigenvalue weighted by Gasteiger charge is 2.38.